The highest BCUT2D eigenvalue weighted by molar-refractivity contribution is 5.18. The molecule has 0 amide bonds. The lowest BCUT2D eigenvalue weighted by Crippen LogP contribution is -1.94. The van der Waals surface area contributed by atoms with Crippen LogP contribution in [0, 0.1) is 0 Å². The molecule has 0 aliphatic heterocycles. The quantitative estimate of drug-likeness (QED) is 0.669. The number of nitrogens with zero attached hydrogens (tertiary/aromatic N) is 1. The Kier molecular flexibility index (Phi) is 4.68. The Bertz CT molecular complexity index is 207. The second-order valence-electron chi connectivity index (χ2n) is 3.83. The fraction of sp³-hybridized carbons (Fsp3) is 0.583. The standard InChI is InChI=1S/C11H17N.CH4/c1-8(2)10-5-6-11(9(3)4)12-7-10;/h5-9H,1-4H3;1H4. The van der Waals surface area contributed by atoms with Gasteiger partial charge in [0.25, 0.3) is 0 Å². The van der Waals surface area contributed by atoms with Crippen LogP contribution in [-0.4, -0.2) is 4.98 Å². The van der Waals surface area contributed by atoms with Crippen molar-refractivity contribution < 1.29 is 0 Å². The van der Waals surface area contributed by atoms with E-state index in [1.807, 2.05) is 6.20 Å². The molecule has 0 N–H and O–H groups in total. The van der Waals surface area contributed by atoms with Crippen LogP contribution in [0.5, 0.6) is 0 Å². The molecular weight excluding hydrogens is 158 g/mol. The maximum atomic E-state index is 4.40. The summed E-state index contributed by atoms with van der Waals surface area (Å²) in [4.78, 5) is 4.40. The van der Waals surface area contributed by atoms with E-state index < -0.39 is 0 Å². The minimum Gasteiger partial charge on any atom is -0.261 e. The maximum Gasteiger partial charge on any atom is 0.0429 e. The van der Waals surface area contributed by atoms with Crippen molar-refractivity contribution in [3.63, 3.8) is 0 Å². The summed E-state index contributed by atoms with van der Waals surface area (Å²) in [7, 11) is 0. The molecule has 1 rings (SSSR count). The van der Waals surface area contributed by atoms with Gasteiger partial charge in [0.1, 0.15) is 0 Å². The van der Waals surface area contributed by atoms with Gasteiger partial charge in [0, 0.05) is 11.9 Å². The Labute approximate surface area is 82.2 Å². The predicted molar refractivity (Wildman–Crippen MR) is 59.1 cm³/mol. The van der Waals surface area contributed by atoms with Gasteiger partial charge in [-0.15, -0.1) is 0 Å². The van der Waals surface area contributed by atoms with E-state index in [0.717, 1.165) is 0 Å². The normalized spacial score (nSPS) is 10.3. The van der Waals surface area contributed by atoms with Crippen molar-refractivity contribution in [2.24, 2.45) is 0 Å². The lowest BCUT2D eigenvalue weighted by atomic mass is 10.0. The van der Waals surface area contributed by atoms with Crippen molar-refractivity contribution in [1.82, 2.24) is 4.98 Å². The summed E-state index contributed by atoms with van der Waals surface area (Å²) in [6, 6.07) is 4.30. The molecule has 1 nitrogen and oxygen atoms in total. The smallest absolute Gasteiger partial charge is 0.0429 e. The Morgan fingerprint density at radius 1 is 1.00 bits per heavy atom. The van der Waals surface area contributed by atoms with Crippen LogP contribution in [0.25, 0.3) is 0 Å². The lowest BCUT2D eigenvalue weighted by molar-refractivity contribution is 0.802. The Balaban J connectivity index is 0.00000144. The molecule has 1 heteroatoms. The van der Waals surface area contributed by atoms with E-state index in [4.69, 9.17) is 0 Å². The van der Waals surface area contributed by atoms with Crippen molar-refractivity contribution in [3.05, 3.63) is 29.6 Å². The molecule has 0 aliphatic rings. The number of rotatable bonds is 2. The number of aromatic nitrogens is 1. The molecule has 0 aliphatic carbocycles. The molecule has 1 aromatic rings. The minimum absolute atomic E-state index is 0. The average Bonchev–Trinajstić information content (AvgIpc) is 2.04. The molecule has 0 bridgehead atoms. The van der Waals surface area contributed by atoms with Gasteiger partial charge >= 0.3 is 0 Å². The average molecular weight is 179 g/mol. The van der Waals surface area contributed by atoms with Crippen molar-refractivity contribution in [2.75, 3.05) is 0 Å². The van der Waals surface area contributed by atoms with E-state index in [1.165, 1.54) is 11.3 Å². The summed E-state index contributed by atoms with van der Waals surface area (Å²) in [6.07, 6.45) is 1.99. The van der Waals surface area contributed by atoms with Gasteiger partial charge in [-0.1, -0.05) is 41.2 Å². The van der Waals surface area contributed by atoms with Crippen molar-refractivity contribution in [2.45, 2.75) is 47.0 Å². The van der Waals surface area contributed by atoms with Gasteiger partial charge in [-0.05, 0) is 23.5 Å². The van der Waals surface area contributed by atoms with Gasteiger partial charge in [0.15, 0.2) is 0 Å². The molecule has 0 spiro atoms. The molecule has 0 atom stereocenters. The van der Waals surface area contributed by atoms with Gasteiger partial charge in [0.2, 0.25) is 0 Å². The molecule has 74 valence electrons. The second kappa shape index (κ2) is 5.00. The van der Waals surface area contributed by atoms with Gasteiger partial charge < -0.3 is 0 Å². The highest BCUT2D eigenvalue weighted by atomic mass is 14.7. The topological polar surface area (TPSA) is 12.9 Å². The number of pyridine rings is 1. The van der Waals surface area contributed by atoms with Gasteiger partial charge in [0.05, 0.1) is 0 Å². The van der Waals surface area contributed by atoms with Crippen LogP contribution in [0.2, 0.25) is 0 Å². The number of hydrogen-bond donors (Lipinski definition) is 0. The maximum absolute atomic E-state index is 4.40. The van der Waals surface area contributed by atoms with E-state index in [0.29, 0.717) is 11.8 Å². The second-order valence-corrected chi connectivity index (χ2v) is 3.83. The number of hydrogen-bond acceptors (Lipinski definition) is 1. The summed E-state index contributed by atoms with van der Waals surface area (Å²) in [5.74, 6) is 1.12. The summed E-state index contributed by atoms with van der Waals surface area (Å²) in [6.45, 7) is 8.70. The first-order valence-electron chi connectivity index (χ1n) is 4.57. The molecule has 0 aromatic carbocycles. The molecule has 0 saturated carbocycles. The lowest BCUT2D eigenvalue weighted by Gasteiger charge is -2.07. The first-order valence-corrected chi connectivity index (χ1v) is 4.57. The SMILES string of the molecule is C.CC(C)c1ccc(C(C)C)nc1. The van der Waals surface area contributed by atoms with E-state index in [2.05, 4.69) is 44.8 Å². The predicted octanol–water partition coefficient (Wildman–Crippen LogP) is 3.96. The Morgan fingerprint density at radius 2 is 1.62 bits per heavy atom. The summed E-state index contributed by atoms with van der Waals surface area (Å²) in [5, 5.41) is 0. The third-order valence-electron chi connectivity index (χ3n) is 2.07. The summed E-state index contributed by atoms with van der Waals surface area (Å²) >= 11 is 0. The zero-order chi connectivity index (χ0) is 9.14. The van der Waals surface area contributed by atoms with Crippen molar-refractivity contribution in [3.8, 4) is 0 Å². The first kappa shape index (κ1) is 12.2. The van der Waals surface area contributed by atoms with Crippen LogP contribution < -0.4 is 0 Å². The van der Waals surface area contributed by atoms with Crippen LogP contribution in [0.3, 0.4) is 0 Å². The van der Waals surface area contributed by atoms with Crippen molar-refractivity contribution in [1.29, 1.82) is 0 Å². The molecule has 0 fully saturated rings. The Hall–Kier alpha value is -0.850. The van der Waals surface area contributed by atoms with Gasteiger partial charge in [-0.3, -0.25) is 4.98 Å². The molecule has 0 saturated heterocycles. The fourth-order valence-corrected chi connectivity index (χ4v) is 1.10. The molecule has 1 heterocycles. The van der Waals surface area contributed by atoms with E-state index >= 15 is 0 Å². The largest absolute Gasteiger partial charge is 0.261 e. The zero-order valence-corrected chi connectivity index (χ0v) is 8.33. The molecule has 13 heavy (non-hydrogen) atoms. The molecule has 0 unspecified atom stereocenters. The third kappa shape index (κ3) is 3.17. The monoisotopic (exact) mass is 179 g/mol. The summed E-state index contributed by atoms with van der Waals surface area (Å²) < 4.78 is 0. The fourth-order valence-electron chi connectivity index (χ4n) is 1.10. The van der Waals surface area contributed by atoms with E-state index in [9.17, 15) is 0 Å². The van der Waals surface area contributed by atoms with Gasteiger partial charge in [-0.2, -0.15) is 0 Å². The van der Waals surface area contributed by atoms with E-state index in [1.54, 1.807) is 0 Å². The first-order chi connectivity index (χ1) is 5.61. The Morgan fingerprint density at radius 3 is 1.92 bits per heavy atom. The zero-order valence-electron chi connectivity index (χ0n) is 8.33. The minimum atomic E-state index is 0. The van der Waals surface area contributed by atoms with Crippen LogP contribution in [-0.2, 0) is 0 Å². The molecular formula is C12H21N. The van der Waals surface area contributed by atoms with Gasteiger partial charge in [-0.25, -0.2) is 0 Å². The highest BCUT2D eigenvalue weighted by Gasteiger charge is 2.02. The third-order valence-corrected chi connectivity index (χ3v) is 2.07. The van der Waals surface area contributed by atoms with Crippen LogP contribution in [0.1, 0.15) is 58.2 Å². The van der Waals surface area contributed by atoms with Crippen LogP contribution in [0.15, 0.2) is 18.3 Å². The molecule has 0 radical (unpaired) electrons. The van der Waals surface area contributed by atoms with Crippen LogP contribution >= 0.6 is 0 Å². The van der Waals surface area contributed by atoms with Crippen LogP contribution in [0.4, 0.5) is 0 Å². The molecule has 1 aromatic heterocycles. The van der Waals surface area contributed by atoms with E-state index in [-0.39, 0.29) is 7.43 Å². The summed E-state index contributed by atoms with van der Waals surface area (Å²) in [5.41, 5.74) is 2.50. The highest BCUT2D eigenvalue weighted by Crippen LogP contribution is 2.16. The van der Waals surface area contributed by atoms with Crippen molar-refractivity contribution >= 4 is 0 Å².